The summed E-state index contributed by atoms with van der Waals surface area (Å²) >= 11 is 0. The van der Waals surface area contributed by atoms with Crippen molar-refractivity contribution in [3.05, 3.63) is 18.5 Å². The maximum absolute atomic E-state index is 5.54. The quantitative estimate of drug-likeness (QED) is 0.871. The van der Waals surface area contributed by atoms with Crippen molar-refractivity contribution in [3.63, 3.8) is 0 Å². The predicted octanol–water partition coefficient (Wildman–Crippen LogP) is 0.418. The summed E-state index contributed by atoms with van der Waals surface area (Å²) in [5, 5.41) is 0. The number of ether oxygens (including phenoxy) is 1. The molecule has 0 aromatic carbocycles. The molecule has 1 aliphatic heterocycles. The Morgan fingerprint density at radius 2 is 1.82 bits per heavy atom. The maximum Gasteiger partial charge on any atom is 0.228 e. The molecule has 0 spiro atoms. The Hall–Kier alpha value is -2.48. The molecule has 0 saturated carbocycles. The number of nitrogen functional groups attached to an aromatic ring is 1. The number of anilines is 3. The van der Waals surface area contributed by atoms with Gasteiger partial charge in [-0.1, -0.05) is 0 Å². The smallest absolute Gasteiger partial charge is 0.228 e. The van der Waals surface area contributed by atoms with Gasteiger partial charge < -0.3 is 20.3 Å². The van der Waals surface area contributed by atoms with Crippen LogP contribution in [0.4, 0.5) is 17.7 Å². The van der Waals surface area contributed by atoms with Gasteiger partial charge in [0.25, 0.3) is 0 Å². The van der Waals surface area contributed by atoms with Gasteiger partial charge in [0.2, 0.25) is 11.9 Å². The lowest BCUT2D eigenvalue weighted by Crippen LogP contribution is -2.37. The van der Waals surface area contributed by atoms with Gasteiger partial charge >= 0.3 is 0 Å². The van der Waals surface area contributed by atoms with Crippen molar-refractivity contribution in [2.75, 3.05) is 55.9 Å². The summed E-state index contributed by atoms with van der Waals surface area (Å²) in [7, 11) is 3.91. The van der Waals surface area contributed by atoms with E-state index in [-0.39, 0.29) is 5.95 Å². The van der Waals surface area contributed by atoms with Gasteiger partial charge in [-0.25, -0.2) is 15.0 Å². The fourth-order valence-corrected chi connectivity index (χ4v) is 2.17. The Balaban J connectivity index is 2.01. The van der Waals surface area contributed by atoms with Crippen LogP contribution >= 0.6 is 0 Å². The minimum atomic E-state index is 0.249. The highest BCUT2D eigenvalue weighted by Crippen LogP contribution is 2.23. The molecule has 0 bridgehead atoms. The fourth-order valence-electron chi connectivity index (χ4n) is 2.17. The Bertz CT molecular complexity index is 638. The number of hydrogen-bond acceptors (Lipinski definition) is 8. The molecule has 3 heterocycles. The molecule has 116 valence electrons. The van der Waals surface area contributed by atoms with Crippen molar-refractivity contribution in [2.45, 2.75) is 0 Å². The van der Waals surface area contributed by atoms with Crippen LogP contribution in [0.25, 0.3) is 11.3 Å². The summed E-state index contributed by atoms with van der Waals surface area (Å²) in [5.74, 6) is 1.78. The van der Waals surface area contributed by atoms with E-state index in [0.29, 0.717) is 19.2 Å². The molecule has 0 radical (unpaired) electrons. The summed E-state index contributed by atoms with van der Waals surface area (Å²) in [5.41, 5.74) is 7.14. The van der Waals surface area contributed by atoms with Gasteiger partial charge in [-0.15, -0.1) is 0 Å². The molecule has 8 nitrogen and oxygen atoms in total. The lowest BCUT2D eigenvalue weighted by Gasteiger charge is -2.28. The molecule has 1 aliphatic rings. The van der Waals surface area contributed by atoms with E-state index in [0.717, 1.165) is 30.2 Å². The van der Waals surface area contributed by atoms with Crippen molar-refractivity contribution in [1.82, 2.24) is 19.9 Å². The van der Waals surface area contributed by atoms with Crippen molar-refractivity contribution in [3.8, 4) is 11.3 Å². The molecule has 0 amide bonds. The molecule has 1 fully saturated rings. The van der Waals surface area contributed by atoms with Crippen LogP contribution in [-0.2, 0) is 4.74 Å². The van der Waals surface area contributed by atoms with Crippen molar-refractivity contribution < 1.29 is 4.74 Å². The zero-order valence-corrected chi connectivity index (χ0v) is 12.7. The number of morpholine rings is 1. The first-order chi connectivity index (χ1) is 10.6. The van der Waals surface area contributed by atoms with Crippen LogP contribution in [0.15, 0.2) is 18.5 Å². The maximum atomic E-state index is 5.54. The van der Waals surface area contributed by atoms with Gasteiger partial charge in [-0.05, 0) is 0 Å². The Morgan fingerprint density at radius 3 is 2.45 bits per heavy atom. The second-order valence-corrected chi connectivity index (χ2v) is 5.24. The molecular weight excluding hydrogens is 282 g/mol. The van der Waals surface area contributed by atoms with Crippen molar-refractivity contribution in [1.29, 1.82) is 0 Å². The molecule has 3 rings (SSSR count). The number of nitrogens with two attached hydrogens (primary N) is 1. The highest BCUT2D eigenvalue weighted by Gasteiger charge is 2.17. The largest absolute Gasteiger partial charge is 0.378 e. The van der Waals surface area contributed by atoms with Crippen LogP contribution in [0.1, 0.15) is 0 Å². The first-order valence-electron chi connectivity index (χ1n) is 7.10. The van der Waals surface area contributed by atoms with E-state index >= 15 is 0 Å². The Labute approximate surface area is 129 Å². The van der Waals surface area contributed by atoms with Gasteiger partial charge in [-0.3, -0.25) is 0 Å². The number of nitrogens with zero attached hydrogens (tertiary/aromatic N) is 6. The zero-order valence-electron chi connectivity index (χ0n) is 12.7. The van der Waals surface area contributed by atoms with E-state index in [1.165, 1.54) is 0 Å². The first kappa shape index (κ1) is 14.5. The summed E-state index contributed by atoms with van der Waals surface area (Å²) in [6.45, 7) is 2.95. The zero-order chi connectivity index (χ0) is 15.5. The van der Waals surface area contributed by atoms with Crippen LogP contribution in [-0.4, -0.2) is 60.3 Å². The standard InChI is InChI=1S/C14H19N7O/c1-20(2)12-7-11(10-8-16-13(15)17-9-10)18-14(19-12)21-3-5-22-6-4-21/h7-9H,3-6H2,1-2H3,(H2,15,16,17). The second kappa shape index (κ2) is 6.10. The number of hydrogen-bond donors (Lipinski definition) is 1. The van der Waals surface area contributed by atoms with E-state index in [2.05, 4.69) is 24.8 Å². The van der Waals surface area contributed by atoms with Gasteiger partial charge in [0.15, 0.2) is 0 Å². The molecular formula is C14H19N7O. The van der Waals surface area contributed by atoms with Crippen LogP contribution < -0.4 is 15.5 Å². The average Bonchev–Trinajstić information content (AvgIpc) is 2.56. The summed E-state index contributed by atoms with van der Waals surface area (Å²) in [6.07, 6.45) is 3.35. The normalized spacial score (nSPS) is 14.9. The molecule has 2 aromatic rings. The van der Waals surface area contributed by atoms with E-state index in [4.69, 9.17) is 10.5 Å². The predicted molar refractivity (Wildman–Crippen MR) is 84.8 cm³/mol. The van der Waals surface area contributed by atoms with Gasteiger partial charge in [-0.2, -0.15) is 4.98 Å². The van der Waals surface area contributed by atoms with E-state index in [1.807, 2.05) is 25.1 Å². The second-order valence-electron chi connectivity index (χ2n) is 5.24. The summed E-state index contributed by atoms with van der Waals surface area (Å²) in [6, 6.07) is 1.92. The fraction of sp³-hybridized carbons (Fsp3) is 0.429. The molecule has 0 aliphatic carbocycles. The van der Waals surface area contributed by atoms with Crippen LogP contribution in [0, 0.1) is 0 Å². The van der Waals surface area contributed by atoms with Gasteiger partial charge in [0.1, 0.15) is 5.82 Å². The molecule has 1 saturated heterocycles. The Morgan fingerprint density at radius 1 is 1.14 bits per heavy atom. The van der Waals surface area contributed by atoms with E-state index in [1.54, 1.807) is 12.4 Å². The molecule has 2 aromatic heterocycles. The lowest BCUT2D eigenvalue weighted by atomic mass is 10.2. The van der Waals surface area contributed by atoms with Crippen molar-refractivity contribution >= 4 is 17.7 Å². The topological polar surface area (TPSA) is 93.3 Å². The molecule has 2 N–H and O–H groups in total. The third-order valence-corrected chi connectivity index (χ3v) is 3.42. The highest BCUT2D eigenvalue weighted by molar-refractivity contribution is 5.63. The van der Waals surface area contributed by atoms with E-state index in [9.17, 15) is 0 Å². The third-order valence-electron chi connectivity index (χ3n) is 3.42. The molecule has 0 atom stereocenters. The SMILES string of the molecule is CN(C)c1cc(-c2cnc(N)nc2)nc(N2CCOCC2)n1. The summed E-state index contributed by atoms with van der Waals surface area (Å²) < 4.78 is 5.39. The minimum absolute atomic E-state index is 0.249. The molecule has 8 heteroatoms. The summed E-state index contributed by atoms with van der Waals surface area (Å²) in [4.78, 5) is 21.4. The van der Waals surface area contributed by atoms with E-state index < -0.39 is 0 Å². The van der Waals surface area contributed by atoms with Crippen LogP contribution in [0.2, 0.25) is 0 Å². The molecule has 22 heavy (non-hydrogen) atoms. The third kappa shape index (κ3) is 3.06. The number of rotatable bonds is 3. The van der Waals surface area contributed by atoms with Gasteiger partial charge in [0, 0.05) is 51.2 Å². The average molecular weight is 301 g/mol. The lowest BCUT2D eigenvalue weighted by molar-refractivity contribution is 0.122. The van der Waals surface area contributed by atoms with Crippen LogP contribution in [0.5, 0.6) is 0 Å². The number of aromatic nitrogens is 4. The monoisotopic (exact) mass is 301 g/mol. The Kier molecular flexibility index (Phi) is 4.01. The minimum Gasteiger partial charge on any atom is -0.378 e. The van der Waals surface area contributed by atoms with Gasteiger partial charge in [0.05, 0.1) is 18.9 Å². The highest BCUT2D eigenvalue weighted by atomic mass is 16.5. The van der Waals surface area contributed by atoms with Crippen molar-refractivity contribution in [2.24, 2.45) is 0 Å². The molecule has 0 unspecified atom stereocenters. The van der Waals surface area contributed by atoms with Crippen LogP contribution in [0.3, 0.4) is 0 Å². The first-order valence-corrected chi connectivity index (χ1v) is 7.10.